The first-order chi connectivity index (χ1) is 9.13. The number of halogens is 1. The fourth-order valence-electron chi connectivity index (χ4n) is 2.21. The van der Waals surface area contributed by atoms with Crippen molar-refractivity contribution in [1.82, 2.24) is 9.80 Å². The lowest BCUT2D eigenvalue weighted by atomic mass is 10.3. The summed E-state index contributed by atoms with van der Waals surface area (Å²) in [6.07, 6.45) is 2.82. The Hall–Kier alpha value is -1.30. The number of nitrogens with zero attached hydrogens (tertiary/aromatic N) is 2. The van der Waals surface area contributed by atoms with E-state index >= 15 is 0 Å². The van der Waals surface area contributed by atoms with Crippen LogP contribution >= 0.6 is 15.9 Å². The SMILES string of the molecule is CCC(=O)N1CCCN(C(=O)c2ccoc2Br)CC1. The number of furan rings is 1. The van der Waals surface area contributed by atoms with Gasteiger partial charge in [-0.1, -0.05) is 6.92 Å². The molecule has 19 heavy (non-hydrogen) atoms. The van der Waals surface area contributed by atoms with E-state index in [0.717, 1.165) is 13.0 Å². The summed E-state index contributed by atoms with van der Waals surface area (Å²) in [5.41, 5.74) is 0.537. The molecule has 1 saturated heterocycles. The molecule has 0 unspecified atom stereocenters. The molecule has 1 aromatic rings. The number of hydrogen-bond donors (Lipinski definition) is 0. The summed E-state index contributed by atoms with van der Waals surface area (Å²) in [5.74, 6) is 0.102. The van der Waals surface area contributed by atoms with Crippen molar-refractivity contribution in [2.24, 2.45) is 0 Å². The van der Waals surface area contributed by atoms with Gasteiger partial charge in [0.25, 0.3) is 5.91 Å². The first-order valence-corrected chi connectivity index (χ1v) is 7.22. The Bertz CT molecular complexity index is 472. The fraction of sp³-hybridized carbons (Fsp3) is 0.538. The molecule has 2 rings (SSSR count). The maximum atomic E-state index is 12.3. The molecule has 1 aliphatic rings. The normalized spacial score (nSPS) is 16.3. The number of carbonyl (C=O) groups is 2. The van der Waals surface area contributed by atoms with E-state index in [4.69, 9.17) is 4.42 Å². The largest absolute Gasteiger partial charge is 0.457 e. The third-order valence-electron chi connectivity index (χ3n) is 3.29. The zero-order valence-electron chi connectivity index (χ0n) is 10.9. The van der Waals surface area contributed by atoms with Crippen LogP contribution in [0.25, 0.3) is 0 Å². The van der Waals surface area contributed by atoms with E-state index in [1.807, 2.05) is 11.8 Å². The average molecular weight is 329 g/mol. The maximum absolute atomic E-state index is 12.3. The molecular weight excluding hydrogens is 312 g/mol. The third kappa shape index (κ3) is 3.18. The summed E-state index contributed by atoms with van der Waals surface area (Å²) in [4.78, 5) is 27.6. The molecular formula is C13H17BrN2O3. The number of amides is 2. The molecule has 0 radical (unpaired) electrons. The summed E-state index contributed by atoms with van der Waals surface area (Å²) < 4.78 is 5.55. The Balaban J connectivity index is 2.01. The summed E-state index contributed by atoms with van der Waals surface area (Å²) >= 11 is 3.22. The monoisotopic (exact) mass is 328 g/mol. The van der Waals surface area contributed by atoms with Crippen molar-refractivity contribution < 1.29 is 14.0 Å². The summed E-state index contributed by atoms with van der Waals surface area (Å²) in [5, 5.41) is 0. The number of hydrogen-bond acceptors (Lipinski definition) is 3. The molecule has 0 aromatic carbocycles. The van der Waals surface area contributed by atoms with E-state index in [1.54, 1.807) is 11.0 Å². The minimum absolute atomic E-state index is 0.0496. The van der Waals surface area contributed by atoms with Gasteiger partial charge in [-0.25, -0.2) is 0 Å². The molecule has 1 aliphatic heterocycles. The second kappa shape index (κ2) is 6.23. The predicted octanol–water partition coefficient (Wildman–Crippen LogP) is 2.13. The Morgan fingerprint density at radius 1 is 1.26 bits per heavy atom. The summed E-state index contributed by atoms with van der Waals surface area (Å²) in [7, 11) is 0. The van der Waals surface area contributed by atoms with Crippen molar-refractivity contribution in [3.8, 4) is 0 Å². The average Bonchev–Trinajstić information content (AvgIpc) is 2.70. The van der Waals surface area contributed by atoms with Gasteiger partial charge in [-0.2, -0.15) is 0 Å². The third-order valence-corrected chi connectivity index (χ3v) is 3.90. The summed E-state index contributed by atoms with van der Waals surface area (Å²) in [6.45, 7) is 4.43. The molecule has 0 bridgehead atoms. The van der Waals surface area contributed by atoms with Gasteiger partial charge in [-0.05, 0) is 28.4 Å². The number of rotatable bonds is 2. The van der Waals surface area contributed by atoms with Gasteiger partial charge in [-0.3, -0.25) is 9.59 Å². The second-order valence-corrected chi connectivity index (χ2v) is 5.21. The lowest BCUT2D eigenvalue weighted by molar-refractivity contribution is -0.130. The van der Waals surface area contributed by atoms with Crippen LogP contribution in [0.2, 0.25) is 0 Å². The highest BCUT2D eigenvalue weighted by Gasteiger charge is 2.24. The highest BCUT2D eigenvalue weighted by atomic mass is 79.9. The number of carbonyl (C=O) groups excluding carboxylic acids is 2. The Kier molecular flexibility index (Phi) is 4.63. The van der Waals surface area contributed by atoms with Crippen molar-refractivity contribution in [3.05, 3.63) is 22.6 Å². The van der Waals surface area contributed by atoms with E-state index in [9.17, 15) is 9.59 Å². The quantitative estimate of drug-likeness (QED) is 0.835. The van der Waals surface area contributed by atoms with E-state index in [0.29, 0.717) is 36.3 Å². The van der Waals surface area contributed by atoms with E-state index < -0.39 is 0 Å². The fourth-order valence-corrected chi connectivity index (χ4v) is 2.62. The lowest BCUT2D eigenvalue weighted by Crippen LogP contribution is -2.37. The van der Waals surface area contributed by atoms with Gasteiger partial charge in [0.05, 0.1) is 11.8 Å². The summed E-state index contributed by atoms with van der Waals surface area (Å²) in [6, 6.07) is 1.66. The highest BCUT2D eigenvalue weighted by Crippen LogP contribution is 2.20. The molecule has 0 N–H and O–H groups in total. The molecule has 6 heteroatoms. The molecule has 1 aromatic heterocycles. The molecule has 0 atom stereocenters. The van der Waals surface area contributed by atoms with Gasteiger partial charge < -0.3 is 14.2 Å². The minimum Gasteiger partial charge on any atom is -0.457 e. The van der Waals surface area contributed by atoms with Crippen molar-refractivity contribution in [1.29, 1.82) is 0 Å². The molecule has 0 saturated carbocycles. The van der Waals surface area contributed by atoms with Gasteiger partial charge in [-0.15, -0.1) is 0 Å². The highest BCUT2D eigenvalue weighted by molar-refractivity contribution is 9.10. The molecule has 104 valence electrons. The lowest BCUT2D eigenvalue weighted by Gasteiger charge is -2.21. The van der Waals surface area contributed by atoms with E-state index in [-0.39, 0.29) is 11.8 Å². The Morgan fingerprint density at radius 2 is 1.95 bits per heavy atom. The van der Waals surface area contributed by atoms with Crippen LogP contribution in [0, 0.1) is 0 Å². The molecule has 0 aliphatic carbocycles. The van der Waals surface area contributed by atoms with Crippen LogP contribution < -0.4 is 0 Å². The topological polar surface area (TPSA) is 53.8 Å². The standard InChI is InChI=1S/C13H17BrN2O3/c1-2-11(17)15-5-3-6-16(8-7-15)13(18)10-4-9-19-12(10)14/h4,9H,2-3,5-8H2,1H3. The van der Waals surface area contributed by atoms with Crippen LogP contribution in [0.5, 0.6) is 0 Å². The van der Waals surface area contributed by atoms with Crippen LogP contribution in [0.1, 0.15) is 30.1 Å². The van der Waals surface area contributed by atoms with Crippen LogP contribution in [0.4, 0.5) is 0 Å². The molecule has 2 heterocycles. The maximum Gasteiger partial charge on any atom is 0.258 e. The van der Waals surface area contributed by atoms with Gasteiger partial charge in [0.2, 0.25) is 5.91 Å². The first-order valence-electron chi connectivity index (χ1n) is 6.43. The van der Waals surface area contributed by atoms with E-state index in [2.05, 4.69) is 15.9 Å². The van der Waals surface area contributed by atoms with Crippen LogP contribution in [-0.2, 0) is 4.79 Å². The van der Waals surface area contributed by atoms with Crippen molar-refractivity contribution in [2.45, 2.75) is 19.8 Å². The molecule has 5 nitrogen and oxygen atoms in total. The van der Waals surface area contributed by atoms with Gasteiger partial charge >= 0.3 is 0 Å². The zero-order chi connectivity index (χ0) is 13.8. The van der Waals surface area contributed by atoms with Gasteiger partial charge in [0.1, 0.15) is 0 Å². The van der Waals surface area contributed by atoms with Crippen molar-refractivity contribution >= 4 is 27.7 Å². The predicted molar refractivity (Wildman–Crippen MR) is 73.8 cm³/mol. The van der Waals surface area contributed by atoms with Crippen molar-refractivity contribution in [2.75, 3.05) is 26.2 Å². The van der Waals surface area contributed by atoms with Crippen LogP contribution in [0.15, 0.2) is 21.4 Å². The van der Waals surface area contributed by atoms with E-state index in [1.165, 1.54) is 6.26 Å². The minimum atomic E-state index is -0.0496. The first kappa shape index (κ1) is 14.1. The second-order valence-electron chi connectivity index (χ2n) is 4.49. The zero-order valence-corrected chi connectivity index (χ0v) is 12.5. The van der Waals surface area contributed by atoms with Crippen LogP contribution in [0.3, 0.4) is 0 Å². The molecule has 1 fully saturated rings. The molecule has 0 spiro atoms. The Labute approximate surface area is 120 Å². The van der Waals surface area contributed by atoms with Crippen LogP contribution in [-0.4, -0.2) is 47.8 Å². The molecule has 2 amide bonds. The van der Waals surface area contributed by atoms with Gasteiger partial charge in [0.15, 0.2) is 4.67 Å². The van der Waals surface area contributed by atoms with Gasteiger partial charge in [0, 0.05) is 32.6 Å². The smallest absolute Gasteiger partial charge is 0.258 e. The Morgan fingerprint density at radius 3 is 2.58 bits per heavy atom. The van der Waals surface area contributed by atoms with Crippen molar-refractivity contribution in [3.63, 3.8) is 0 Å².